The van der Waals surface area contributed by atoms with Gasteiger partial charge in [0.05, 0.1) is 16.8 Å². The summed E-state index contributed by atoms with van der Waals surface area (Å²) in [4.78, 5) is 16.2. The van der Waals surface area contributed by atoms with Crippen LogP contribution in [0, 0.1) is 11.6 Å². The summed E-state index contributed by atoms with van der Waals surface area (Å²) in [5.41, 5.74) is 0.363. The molecule has 4 rings (SSSR count). The Kier molecular flexibility index (Phi) is 7.11. The molecule has 1 atom stereocenters. The largest absolute Gasteiger partial charge is 0.428 e. The number of carbonyl (C=O) groups excluding carboxylic acids is 1. The zero-order valence-corrected chi connectivity index (χ0v) is 18.9. The number of hydrogen-bond acceptors (Lipinski definition) is 7. The van der Waals surface area contributed by atoms with Crippen molar-refractivity contribution in [3.05, 3.63) is 60.2 Å². The van der Waals surface area contributed by atoms with Gasteiger partial charge >= 0.3 is 0 Å². The van der Waals surface area contributed by atoms with Gasteiger partial charge in [0.15, 0.2) is 0 Å². The molecule has 2 aromatic carbocycles. The number of benzene rings is 2. The van der Waals surface area contributed by atoms with Gasteiger partial charge in [-0.05, 0) is 61.4 Å². The molecular formula is C22H20F2N2O5S2. The van der Waals surface area contributed by atoms with Crippen LogP contribution >= 0.6 is 11.8 Å². The molecule has 1 N–H and O–H groups in total. The summed E-state index contributed by atoms with van der Waals surface area (Å²) in [6.07, 6.45) is 1.80. The second kappa shape index (κ2) is 10.0. The summed E-state index contributed by atoms with van der Waals surface area (Å²) in [5, 5.41) is 2.27. The van der Waals surface area contributed by atoms with E-state index in [9.17, 15) is 22.0 Å². The molecule has 1 aliphatic heterocycles. The van der Waals surface area contributed by atoms with Gasteiger partial charge in [0, 0.05) is 18.7 Å². The van der Waals surface area contributed by atoms with Gasteiger partial charge in [0.25, 0.3) is 0 Å². The molecule has 3 aromatic rings. The van der Waals surface area contributed by atoms with Crippen molar-refractivity contribution in [1.29, 1.82) is 0 Å². The molecule has 11 heteroatoms. The van der Waals surface area contributed by atoms with E-state index in [1.54, 1.807) is 0 Å². The number of rotatable bonds is 8. The highest BCUT2D eigenvalue weighted by atomic mass is 32.2. The Morgan fingerprint density at radius 1 is 1.09 bits per heavy atom. The first-order valence-corrected chi connectivity index (χ1v) is 12.6. The van der Waals surface area contributed by atoms with Crippen LogP contribution in [-0.2, 0) is 19.4 Å². The Morgan fingerprint density at radius 2 is 1.76 bits per heavy atom. The van der Waals surface area contributed by atoms with E-state index in [-0.39, 0.29) is 33.6 Å². The predicted molar refractivity (Wildman–Crippen MR) is 116 cm³/mol. The van der Waals surface area contributed by atoms with E-state index >= 15 is 0 Å². The fourth-order valence-corrected chi connectivity index (χ4v) is 5.57. The Balaban J connectivity index is 1.59. The molecule has 1 amide bonds. The van der Waals surface area contributed by atoms with E-state index in [1.807, 2.05) is 0 Å². The van der Waals surface area contributed by atoms with Crippen LogP contribution in [0.4, 0.5) is 8.78 Å². The Labute approximate surface area is 193 Å². The SMILES string of the molecule is O=C(CSc1oc(-c2ccc(F)cc2)nc1S(=O)(=O)c1ccc(F)cc1)NC[C@H]1CCCO1. The molecule has 1 saturated heterocycles. The molecule has 1 aromatic heterocycles. The molecule has 0 unspecified atom stereocenters. The third-order valence-electron chi connectivity index (χ3n) is 4.92. The molecule has 0 saturated carbocycles. The number of oxazole rings is 1. The number of nitrogens with zero attached hydrogens (tertiary/aromatic N) is 1. The van der Waals surface area contributed by atoms with E-state index < -0.39 is 26.5 Å². The van der Waals surface area contributed by atoms with Crippen molar-refractivity contribution in [2.75, 3.05) is 18.9 Å². The third-order valence-corrected chi connectivity index (χ3v) is 7.68. The Morgan fingerprint density at radius 3 is 2.39 bits per heavy atom. The first-order valence-electron chi connectivity index (χ1n) is 10.1. The molecule has 1 fully saturated rings. The number of aromatic nitrogens is 1. The highest BCUT2D eigenvalue weighted by Gasteiger charge is 2.29. The zero-order valence-electron chi connectivity index (χ0n) is 17.3. The monoisotopic (exact) mass is 494 g/mol. The van der Waals surface area contributed by atoms with Crippen LogP contribution in [0.3, 0.4) is 0 Å². The number of sulfone groups is 1. The average Bonchev–Trinajstić information content (AvgIpc) is 3.47. The minimum Gasteiger partial charge on any atom is -0.428 e. The van der Waals surface area contributed by atoms with Crippen molar-refractivity contribution in [2.24, 2.45) is 0 Å². The van der Waals surface area contributed by atoms with Gasteiger partial charge in [-0.15, -0.1) is 0 Å². The Bertz CT molecular complexity index is 1220. The predicted octanol–water partition coefficient (Wildman–Crippen LogP) is 3.84. The topological polar surface area (TPSA) is 98.5 Å². The van der Waals surface area contributed by atoms with Gasteiger partial charge in [-0.1, -0.05) is 11.8 Å². The number of hydrogen-bond donors (Lipinski definition) is 1. The van der Waals surface area contributed by atoms with E-state index in [4.69, 9.17) is 9.15 Å². The van der Waals surface area contributed by atoms with E-state index in [2.05, 4.69) is 10.3 Å². The first kappa shape index (κ1) is 23.4. The summed E-state index contributed by atoms with van der Waals surface area (Å²) in [6, 6.07) is 9.49. The summed E-state index contributed by atoms with van der Waals surface area (Å²) < 4.78 is 64.1. The molecule has 1 aliphatic rings. The molecule has 2 heterocycles. The summed E-state index contributed by atoms with van der Waals surface area (Å²) in [6.45, 7) is 1.04. The lowest BCUT2D eigenvalue weighted by Gasteiger charge is -2.10. The molecule has 33 heavy (non-hydrogen) atoms. The maximum Gasteiger partial charge on any atom is 0.230 e. The van der Waals surface area contributed by atoms with Crippen molar-refractivity contribution in [2.45, 2.75) is 34.0 Å². The van der Waals surface area contributed by atoms with E-state index in [0.717, 1.165) is 48.9 Å². The summed E-state index contributed by atoms with van der Waals surface area (Å²) in [7, 11) is -4.17. The number of carbonyl (C=O) groups is 1. The van der Waals surface area contributed by atoms with Crippen LogP contribution in [0.2, 0.25) is 0 Å². The number of ether oxygens (including phenoxy) is 1. The van der Waals surface area contributed by atoms with Crippen LogP contribution in [0.25, 0.3) is 11.5 Å². The standard InChI is InChI=1S/C22H20F2N2O5S2/c23-15-5-3-14(4-6-15)20-26-21(33(28,29)18-9-7-16(24)8-10-18)22(31-20)32-13-19(27)25-12-17-2-1-11-30-17/h3-10,17H,1-2,11-13H2,(H,25,27)/t17-/m1/s1. The second-order valence-electron chi connectivity index (χ2n) is 7.30. The van der Waals surface area contributed by atoms with Gasteiger partial charge < -0.3 is 14.5 Å². The lowest BCUT2D eigenvalue weighted by atomic mass is 10.2. The van der Waals surface area contributed by atoms with Gasteiger partial charge in [-0.25, -0.2) is 17.2 Å². The van der Waals surface area contributed by atoms with Gasteiger partial charge in [0.1, 0.15) is 11.6 Å². The van der Waals surface area contributed by atoms with Crippen molar-refractivity contribution in [3.63, 3.8) is 0 Å². The second-order valence-corrected chi connectivity index (χ2v) is 10.1. The van der Waals surface area contributed by atoms with Gasteiger partial charge in [-0.3, -0.25) is 4.79 Å². The molecule has 0 aliphatic carbocycles. The quantitative estimate of drug-likeness (QED) is 0.375. The lowest BCUT2D eigenvalue weighted by molar-refractivity contribution is -0.119. The van der Waals surface area contributed by atoms with Crippen LogP contribution < -0.4 is 5.32 Å². The number of amides is 1. The summed E-state index contributed by atoms with van der Waals surface area (Å²) >= 11 is 0.872. The minimum absolute atomic E-state index is 0.0243. The van der Waals surface area contributed by atoms with E-state index in [1.165, 1.54) is 24.3 Å². The van der Waals surface area contributed by atoms with Crippen molar-refractivity contribution in [1.82, 2.24) is 10.3 Å². The molecule has 0 radical (unpaired) electrons. The normalized spacial score (nSPS) is 16.1. The van der Waals surface area contributed by atoms with E-state index in [0.29, 0.717) is 18.7 Å². The Hall–Kier alpha value is -2.76. The highest BCUT2D eigenvalue weighted by molar-refractivity contribution is 8.00. The maximum atomic E-state index is 13.3. The first-order chi connectivity index (χ1) is 15.8. The highest BCUT2D eigenvalue weighted by Crippen LogP contribution is 2.35. The number of thioether (sulfide) groups is 1. The lowest BCUT2D eigenvalue weighted by Crippen LogP contribution is -2.32. The molecule has 7 nitrogen and oxygen atoms in total. The van der Waals surface area contributed by atoms with Gasteiger partial charge in [0.2, 0.25) is 31.8 Å². The van der Waals surface area contributed by atoms with Crippen LogP contribution in [0.15, 0.2) is 68.0 Å². The van der Waals surface area contributed by atoms with Crippen molar-refractivity contribution >= 4 is 27.5 Å². The fraction of sp³-hybridized carbons (Fsp3) is 0.273. The van der Waals surface area contributed by atoms with Crippen LogP contribution in [-0.4, -0.2) is 44.3 Å². The number of nitrogens with one attached hydrogen (secondary N) is 1. The third kappa shape index (κ3) is 5.60. The molecule has 174 valence electrons. The minimum atomic E-state index is -4.17. The van der Waals surface area contributed by atoms with Crippen molar-refractivity contribution < 1.29 is 31.1 Å². The number of halogens is 2. The maximum absolute atomic E-state index is 13.3. The van der Waals surface area contributed by atoms with Crippen molar-refractivity contribution in [3.8, 4) is 11.5 Å². The molecule has 0 spiro atoms. The summed E-state index contributed by atoms with van der Waals surface area (Å²) in [5.74, 6) is -1.53. The van der Waals surface area contributed by atoms with Gasteiger partial charge in [-0.2, -0.15) is 4.98 Å². The molecular weight excluding hydrogens is 474 g/mol. The zero-order chi connectivity index (χ0) is 23.4. The fourth-order valence-electron chi connectivity index (χ4n) is 3.21. The van der Waals surface area contributed by atoms with Crippen LogP contribution in [0.5, 0.6) is 0 Å². The van der Waals surface area contributed by atoms with Crippen LogP contribution in [0.1, 0.15) is 12.8 Å². The molecule has 0 bridgehead atoms. The smallest absolute Gasteiger partial charge is 0.230 e. The average molecular weight is 495 g/mol.